The Labute approximate surface area is 154 Å². The lowest BCUT2D eigenvalue weighted by atomic mass is 10.1. The van der Waals surface area contributed by atoms with E-state index < -0.39 is 5.60 Å². The van der Waals surface area contributed by atoms with Gasteiger partial charge in [-0.25, -0.2) is 9.48 Å². The van der Waals surface area contributed by atoms with Gasteiger partial charge in [0.05, 0.1) is 18.3 Å². The summed E-state index contributed by atoms with van der Waals surface area (Å²) < 4.78 is 7.68. The summed E-state index contributed by atoms with van der Waals surface area (Å²) in [5.74, 6) is 1.02. The second-order valence-corrected chi connectivity index (χ2v) is 8.09. The number of nitrogens with zero attached hydrogens (tertiary/aromatic N) is 3. The maximum atomic E-state index is 12.5. The van der Waals surface area contributed by atoms with E-state index in [1.54, 1.807) is 4.90 Å². The highest BCUT2D eigenvalue weighted by atomic mass is 16.6. The van der Waals surface area contributed by atoms with Gasteiger partial charge in [0.2, 0.25) is 0 Å². The minimum atomic E-state index is -0.485. The molecule has 138 valence electrons. The minimum Gasteiger partial charge on any atom is -0.444 e. The van der Waals surface area contributed by atoms with Gasteiger partial charge in [-0.3, -0.25) is 0 Å². The monoisotopic (exact) mass is 354 g/mol. The van der Waals surface area contributed by atoms with Gasteiger partial charge in [0.1, 0.15) is 11.4 Å². The fourth-order valence-corrected chi connectivity index (χ4v) is 3.25. The van der Waals surface area contributed by atoms with E-state index in [1.165, 1.54) is 12.8 Å². The molecular formula is C20H26N4O2. The third-order valence-corrected chi connectivity index (χ3v) is 4.64. The molecule has 0 bridgehead atoms. The molecule has 2 aromatic rings. The van der Waals surface area contributed by atoms with Crippen molar-refractivity contribution < 1.29 is 9.53 Å². The third-order valence-electron chi connectivity index (χ3n) is 4.64. The normalized spacial score (nSPS) is 17.0. The number of nitrogens with one attached hydrogen (secondary N) is 1. The molecule has 26 heavy (non-hydrogen) atoms. The summed E-state index contributed by atoms with van der Waals surface area (Å²) in [4.78, 5) is 14.3. The van der Waals surface area contributed by atoms with Crippen LogP contribution in [0.4, 0.5) is 16.3 Å². The van der Waals surface area contributed by atoms with Crippen LogP contribution in [0.2, 0.25) is 0 Å². The van der Waals surface area contributed by atoms with Crippen LogP contribution < -0.4 is 5.32 Å². The molecule has 1 fully saturated rings. The summed E-state index contributed by atoms with van der Waals surface area (Å²) in [6.45, 7) is 6.87. The molecule has 0 unspecified atom stereocenters. The zero-order chi connectivity index (χ0) is 18.3. The third kappa shape index (κ3) is 3.54. The number of hydrogen-bond acceptors (Lipinski definition) is 4. The maximum absolute atomic E-state index is 12.5. The lowest BCUT2D eigenvalue weighted by Crippen LogP contribution is -2.39. The molecule has 0 atom stereocenters. The van der Waals surface area contributed by atoms with Crippen molar-refractivity contribution in [1.29, 1.82) is 0 Å². The molecule has 0 saturated heterocycles. The molecule has 1 aliphatic carbocycles. The standard InChI is InChI=1S/C20H26N4O2/c1-20(2,3)26-19(25)23-12-11-17-16(13-23)18(24(22-17)15-9-10-15)21-14-7-5-4-6-8-14/h4-8,15,21H,9-13H2,1-3H3. The Balaban J connectivity index is 1.61. The van der Waals surface area contributed by atoms with Crippen molar-refractivity contribution in [3.8, 4) is 0 Å². The summed E-state index contributed by atoms with van der Waals surface area (Å²) in [7, 11) is 0. The maximum Gasteiger partial charge on any atom is 0.410 e. The lowest BCUT2D eigenvalue weighted by Gasteiger charge is -2.30. The topological polar surface area (TPSA) is 59.4 Å². The number of para-hydroxylation sites is 1. The van der Waals surface area contributed by atoms with Crippen molar-refractivity contribution in [2.45, 2.75) is 58.2 Å². The van der Waals surface area contributed by atoms with Crippen LogP contribution in [0.5, 0.6) is 0 Å². The van der Waals surface area contributed by atoms with E-state index in [4.69, 9.17) is 9.84 Å². The van der Waals surface area contributed by atoms with Crippen LogP contribution in [0.3, 0.4) is 0 Å². The first-order valence-electron chi connectivity index (χ1n) is 9.31. The van der Waals surface area contributed by atoms with Gasteiger partial charge in [0.25, 0.3) is 0 Å². The highest BCUT2D eigenvalue weighted by molar-refractivity contribution is 5.70. The Bertz CT molecular complexity index is 803. The Hall–Kier alpha value is -2.50. The first-order chi connectivity index (χ1) is 12.4. The highest BCUT2D eigenvalue weighted by Gasteiger charge is 2.34. The molecule has 2 aliphatic rings. The number of aromatic nitrogens is 2. The van der Waals surface area contributed by atoms with Crippen LogP contribution >= 0.6 is 0 Å². The van der Waals surface area contributed by atoms with Gasteiger partial charge in [-0.05, 0) is 45.7 Å². The summed E-state index contributed by atoms with van der Waals surface area (Å²) in [6.07, 6.45) is 2.84. The van der Waals surface area contributed by atoms with Gasteiger partial charge in [0.15, 0.2) is 0 Å². The van der Waals surface area contributed by atoms with Gasteiger partial charge in [-0.1, -0.05) is 18.2 Å². The number of hydrogen-bond donors (Lipinski definition) is 1. The Kier molecular flexibility index (Phi) is 4.13. The summed E-state index contributed by atoms with van der Waals surface area (Å²) >= 11 is 0. The van der Waals surface area contributed by atoms with Crippen molar-refractivity contribution in [2.75, 3.05) is 11.9 Å². The zero-order valence-corrected chi connectivity index (χ0v) is 15.7. The van der Waals surface area contributed by atoms with Crippen molar-refractivity contribution in [2.24, 2.45) is 0 Å². The van der Waals surface area contributed by atoms with Crippen LogP contribution in [0, 0.1) is 0 Å². The highest BCUT2D eigenvalue weighted by Crippen LogP contribution is 2.40. The van der Waals surface area contributed by atoms with Crippen LogP contribution in [0.15, 0.2) is 30.3 Å². The number of fused-ring (bicyclic) bond motifs is 1. The van der Waals surface area contributed by atoms with E-state index in [1.807, 2.05) is 51.1 Å². The van der Waals surface area contributed by atoms with Crippen molar-refractivity contribution in [3.63, 3.8) is 0 Å². The molecule has 2 heterocycles. The molecule has 6 heteroatoms. The average Bonchev–Trinajstić information content (AvgIpc) is 3.37. The Morgan fingerprint density at radius 3 is 2.62 bits per heavy atom. The van der Waals surface area contributed by atoms with E-state index in [0.29, 0.717) is 19.1 Å². The fourth-order valence-electron chi connectivity index (χ4n) is 3.25. The first kappa shape index (κ1) is 16.9. The van der Waals surface area contributed by atoms with Crippen molar-refractivity contribution in [1.82, 2.24) is 14.7 Å². The molecule has 1 amide bonds. The van der Waals surface area contributed by atoms with Gasteiger partial charge in [-0.15, -0.1) is 0 Å². The SMILES string of the molecule is CC(C)(C)OC(=O)N1CCc2nn(C3CC3)c(Nc3ccccc3)c2C1. The van der Waals surface area contributed by atoms with Crippen molar-refractivity contribution >= 4 is 17.6 Å². The molecule has 1 aromatic carbocycles. The van der Waals surface area contributed by atoms with Crippen LogP contribution in [-0.4, -0.2) is 32.9 Å². The van der Waals surface area contributed by atoms with E-state index in [2.05, 4.69) is 10.00 Å². The predicted molar refractivity (Wildman–Crippen MR) is 101 cm³/mol. The van der Waals surface area contributed by atoms with E-state index in [0.717, 1.165) is 29.2 Å². The molecule has 1 aromatic heterocycles. The van der Waals surface area contributed by atoms with E-state index in [-0.39, 0.29) is 6.09 Å². The molecule has 4 rings (SSSR count). The number of carbonyl (C=O) groups is 1. The largest absolute Gasteiger partial charge is 0.444 e. The molecule has 6 nitrogen and oxygen atoms in total. The van der Waals surface area contributed by atoms with Crippen LogP contribution in [-0.2, 0) is 17.7 Å². The lowest BCUT2D eigenvalue weighted by molar-refractivity contribution is 0.0224. The minimum absolute atomic E-state index is 0.256. The quantitative estimate of drug-likeness (QED) is 0.895. The Morgan fingerprint density at radius 1 is 1.23 bits per heavy atom. The number of carbonyl (C=O) groups excluding carboxylic acids is 1. The summed E-state index contributed by atoms with van der Waals surface area (Å²) in [5, 5.41) is 8.38. The fraction of sp³-hybridized carbons (Fsp3) is 0.500. The van der Waals surface area contributed by atoms with Crippen molar-refractivity contribution in [3.05, 3.63) is 41.6 Å². The molecule has 0 spiro atoms. The summed E-state index contributed by atoms with van der Waals surface area (Å²) in [6, 6.07) is 10.6. The van der Waals surface area contributed by atoms with Gasteiger partial charge < -0.3 is 15.0 Å². The smallest absolute Gasteiger partial charge is 0.410 e. The zero-order valence-electron chi connectivity index (χ0n) is 15.7. The number of anilines is 2. The second-order valence-electron chi connectivity index (χ2n) is 8.09. The van der Waals surface area contributed by atoms with E-state index in [9.17, 15) is 4.79 Å². The summed E-state index contributed by atoms with van der Waals surface area (Å²) in [5.41, 5.74) is 2.75. The van der Waals surface area contributed by atoms with Crippen LogP contribution in [0.25, 0.3) is 0 Å². The van der Waals surface area contributed by atoms with Crippen LogP contribution in [0.1, 0.15) is 50.9 Å². The predicted octanol–water partition coefficient (Wildman–Crippen LogP) is 4.25. The van der Waals surface area contributed by atoms with Gasteiger partial charge in [0, 0.05) is 24.2 Å². The molecule has 1 N–H and O–H groups in total. The second kappa shape index (κ2) is 6.34. The molecular weight excluding hydrogens is 328 g/mol. The molecule has 0 radical (unpaired) electrons. The number of benzene rings is 1. The Morgan fingerprint density at radius 2 is 1.96 bits per heavy atom. The van der Waals surface area contributed by atoms with Gasteiger partial charge >= 0.3 is 6.09 Å². The van der Waals surface area contributed by atoms with Gasteiger partial charge in [-0.2, -0.15) is 5.10 Å². The number of rotatable bonds is 3. The first-order valence-corrected chi connectivity index (χ1v) is 9.31. The number of amides is 1. The van der Waals surface area contributed by atoms with E-state index >= 15 is 0 Å². The number of ether oxygens (including phenoxy) is 1. The molecule has 1 aliphatic heterocycles. The molecule has 1 saturated carbocycles. The average molecular weight is 354 g/mol.